The van der Waals surface area contributed by atoms with E-state index in [2.05, 4.69) is 37.5 Å². The molecule has 0 bridgehead atoms. The lowest BCUT2D eigenvalue weighted by molar-refractivity contribution is -0.929. The van der Waals surface area contributed by atoms with Gasteiger partial charge in [-0.2, -0.15) is 13.2 Å². The van der Waals surface area contributed by atoms with Crippen molar-refractivity contribution in [1.29, 1.82) is 0 Å². The van der Waals surface area contributed by atoms with Gasteiger partial charge >= 0.3 is 11.5 Å². The van der Waals surface area contributed by atoms with E-state index in [4.69, 9.17) is 17.7 Å². The summed E-state index contributed by atoms with van der Waals surface area (Å²) < 4.78 is 65.3. The second-order valence-electron chi connectivity index (χ2n) is 13.4. The molecule has 1 aliphatic heterocycles. The monoisotopic (exact) mass is 791 g/mol. The van der Waals surface area contributed by atoms with Gasteiger partial charge in [-0.05, 0) is 66.1 Å². The number of aryl methyl sites for hydroxylation is 1. The first kappa shape index (κ1) is 41.4. The van der Waals surface area contributed by atoms with Crippen molar-refractivity contribution >= 4 is 39.3 Å². The van der Waals surface area contributed by atoms with Crippen LogP contribution in [0, 0.1) is 6.92 Å². The van der Waals surface area contributed by atoms with E-state index < -0.39 is 15.6 Å². The van der Waals surface area contributed by atoms with Crippen molar-refractivity contribution in [2.45, 2.75) is 25.4 Å². The summed E-state index contributed by atoms with van der Waals surface area (Å²) in [4.78, 5) is 41.1. The quantitative estimate of drug-likeness (QED) is 0.0708. The third-order valence-electron chi connectivity index (χ3n) is 8.90. The number of ether oxygens (including phenoxy) is 1. The summed E-state index contributed by atoms with van der Waals surface area (Å²) in [5.41, 5.74) is 1.18. The average Bonchev–Trinajstić information content (AvgIpc) is 3.17. The highest BCUT2D eigenvalue weighted by molar-refractivity contribution is 7.86. The molecule has 1 aliphatic rings. The van der Waals surface area contributed by atoms with Crippen LogP contribution in [-0.4, -0.2) is 94.6 Å². The second-order valence-corrected chi connectivity index (χ2v) is 14.7. The Bertz CT molecular complexity index is 2200. The molecule has 0 unspecified atom stereocenters. The van der Waals surface area contributed by atoms with Gasteiger partial charge in [-0.25, -0.2) is 18.4 Å². The number of amides is 1. The molecule has 0 saturated carbocycles. The van der Waals surface area contributed by atoms with Crippen molar-refractivity contribution in [2.75, 3.05) is 50.6 Å². The molecule has 2 N–H and O–H groups in total. The fourth-order valence-corrected chi connectivity index (χ4v) is 5.59. The molecule has 6 rings (SSSR count). The first-order valence-corrected chi connectivity index (χ1v) is 18.8. The smallest absolute Gasteiger partial charge is 0.485 e. The molecular formula is C39H40F3N7O6S. The number of anilines is 3. The predicted octanol–water partition coefficient (Wildman–Crippen LogP) is 5.90. The fraction of sp³-hybridized carbons (Fsp3) is 0.256. The van der Waals surface area contributed by atoms with Gasteiger partial charge in [0, 0.05) is 60.7 Å². The number of pyridine rings is 1. The molecule has 0 atom stereocenters. The molecule has 13 nitrogen and oxygen atoms in total. The van der Waals surface area contributed by atoms with Crippen LogP contribution in [0.1, 0.15) is 27.0 Å². The van der Waals surface area contributed by atoms with Crippen molar-refractivity contribution < 1.29 is 45.0 Å². The number of halogens is 3. The van der Waals surface area contributed by atoms with Crippen molar-refractivity contribution in [3.63, 3.8) is 0 Å². The lowest BCUT2D eigenvalue weighted by Crippen LogP contribution is -2.58. The Kier molecular flexibility index (Phi) is 13.5. The maximum Gasteiger partial charge on any atom is 0.485 e. The summed E-state index contributed by atoms with van der Waals surface area (Å²) >= 11 is 0. The number of quaternary nitrogens is 1. The zero-order chi connectivity index (χ0) is 40.3. The van der Waals surface area contributed by atoms with Crippen LogP contribution >= 0.6 is 0 Å². The number of rotatable bonds is 11. The van der Waals surface area contributed by atoms with Crippen LogP contribution < -0.4 is 10.6 Å². The minimum Gasteiger partial charge on any atom is -0.741 e. The zero-order valence-corrected chi connectivity index (χ0v) is 31.4. The number of hydrogen-bond acceptors (Lipinski definition) is 11. The van der Waals surface area contributed by atoms with Gasteiger partial charge in [0.1, 0.15) is 0 Å². The van der Waals surface area contributed by atoms with E-state index in [0.29, 0.717) is 34.8 Å². The van der Waals surface area contributed by atoms with Crippen molar-refractivity contribution in [3.8, 4) is 11.3 Å². The van der Waals surface area contributed by atoms with Gasteiger partial charge in [0.2, 0.25) is 12.7 Å². The number of alkyl halides is 3. The highest BCUT2D eigenvalue weighted by Gasteiger charge is 2.37. The lowest BCUT2D eigenvalue weighted by Gasteiger charge is -2.41. The number of carbonyl (C=O) groups excluding carboxylic acids is 2. The maximum atomic E-state index is 13.1. The minimum absolute atomic E-state index is 0.181. The summed E-state index contributed by atoms with van der Waals surface area (Å²) in [5, 5.41) is 6.30. The molecule has 1 amide bonds. The van der Waals surface area contributed by atoms with Gasteiger partial charge < -0.3 is 19.9 Å². The highest BCUT2D eigenvalue weighted by Crippen LogP contribution is 2.25. The Hall–Kier alpha value is -5.75. The molecule has 56 heavy (non-hydrogen) atoms. The standard InChI is InChI=1S/C38H39N7O3.CHF3O3S/c1-28-10-15-33(24-35(28)43-38-40-18-16-34(42-38)32-9-6-17-39-25-32)41-37(47)31-13-11-30(12-14-31)26-44-19-21-45(2,22-20-44)27-48-36(46)23-29-7-4-3-5-8-29;2-1(3,4)8(5,6)7/h3-18,24-25H,19-23,26-27H2,1-2H3,(H-,40,41,42,43,47);(H,5,6,7). The van der Waals surface area contributed by atoms with Crippen LogP contribution in [0.4, 0.5) is 30.5 Å². The summed E-state index contributed by atoms with van der Waals surface area (Å²) in [6.45, 7) is 6.77. The number of carbonyl (C=O) groups is 2. The van der Waals surface area contributed by atoms with E-state index in [1.807, 2.05) is 97.9 Å². The largest absolute Gasteiger partial charge is 0.741 e. The molecular weight excluding hydrogens is 752 g/mol. The Morgan fingerprint density at radius 1 is 0.929 bits per heavy atom. The van der Waals surface area contributed by atoms with Crippen LogP contribution in [-0.2, 0) is 32.6 Å². The van der Waals surface area contributed by atoms with E-state index in [9.17, 15) is 22.8 Å². The molecule has 5 aromatic rings. The first-order chi connectivity index (χ1) is 26.6. The fourth-order valence-electron chi connectivity index (χ4n) is 5.59. The number of hydrogen-bond donors (Lipinski definition) is 2. The number of nitrogens with one attached hydrogen (secondary N) is 2. The van der Waals surface area contributed by atoms with Crippen LogP contribution in [0.25, 0.3) is 11.3 Å². The Balaban J connectivity index is 0.000000677. The van der Waals surface area contributed by atoms with Gasteiger partial charge in [-0.15, -0.1) is 0 Å². The van der Waals surface area contributed by atoms with E-state index in [1.54, 1.807) is 18.6 Å². The Morgan fingerprint density at radius 3 is 2.27 bits per heavy atom. The lowest BCUT2D eigenvalue weighted by atomic mass is 10.1. The summed E-state index contributed by atoms with van der Waals surface area (Å²) in [6.07, 6.45) is 5.49. The van der Waals surface area contributed by atoms with Crippen molar-refractivity contribution in [1.82, 2.24) is 19.9 Å². The highest BCUT2D eigenvalue weighted by atomic mass is 32.2. The maximum absolute atomic E-state index is 13.1. The summed E-state index contributed by atoms with van der Waals surface area (Å²) in [7, 11) is -3.95. The molecule has 3 heterocycles. The SMILES string of the molecule is Cc1ccc(NC(=O)c2ccc(CN3CC[N+](C)(COC(=O)Cc4ccccc4)CC3)cc2)cc1Nc1nccc(-c2cccnc2)n1.O=S(=O)([O-])C(F)(F)F. The average molecular weight is 792 g/mol. The molecule has 1 saturated heterocycles. The molecule has 2 aromatic heterocycles. The molecule has 0 radical (unpaired) electrons. The topological polar surface area (TPSA) is 167 Å². The van der Waals surface area contributed by atoms with Crippen molar-refractivity contribution in [3.05, 3.63) is 132 Å². The van der Waals surface area contributed by atoms with E-state index in [1.165, 1.54) is 0 Å². The third kappa shape index (κ3) is 12.1. The zero-order valence-electron chi connectivity index (χ0n) is 30.6. The van der Waals surface area contributed by atoms with E-state index >= 15 is 0 Å². The number of likely N-dealkylation sites (N-methyl/N-ethyl adjacent to an activating group) is 1. The summed E-state index contributed by atoms with van der Waals surface area (Å²) in [5.74, 6) is 0.0845. The summed E-state index contributed by atoms with van der Waals surface area (Å²) in [6, 6.07) is 28.8. The predicted molar refractivity (Wildman–Crippen MR) is 202 cm³/mol. The van der Waals surface area contributed by atoms with Gasteiger partial charge in [0.05, 0.1) is 32.3 Å². The van der Waals surface area contributed by atoms with Crippen LogP contribution in [0.5, 0.6) is 0 Å². The number of piperazine rings is 1. The Labute approximate surface area is 322 Å². The normalized spacial score (nSPS) is 14.2. The second kappa shape index (κ2) is 18.3. The minimum atomic E-state index is -6.09. The first-order valence-electron chi connectivity index (χ1n) is 17.4. The number of nitrogens with zero attached hydrogens (tertiary/aromatic N) is 5. The van der Waals surface area contributed by atoms with Crippen LogP contribution in [0.15, 0.2) is 110 Å². The molecule has 0 aliphatic carbocycles. The van der Waals surface area contributed by atoms with Gasteiger partial charge in [-0.3, -0.25) is 24.0 Å². The molecule has 17 heteroatoms. The molecule has 0 spiro atoms. The number of aromatic nitrogens is 3. The van der Waals surface area contributed by atoms with Gasteiger partial charge in [-0.1, -0.05) is 48.5 Å². The Morgan fingerprint density at radius 2 is 1.62 bits per heavy atom. The van der Waals surface area contributed by atoms with Crippen molar-refractivity contribution in [2.24, 2.45) is 0 Å². The van der Waals surface area contributed by atoms with Gasteiger partial charge in [0.15, 0.2) is 10.1 Å². The van der Waals surface area contributed by atoms with E-state index in [-0.39, 0.29) is 11.9 Å². The van der Waals surface area contributed by atoms with E-state index in [0.717, 1.165) is 66.4 Å². The molecule has 1 fully saturated rings. The molecule has 294 valence electrons. The molecule has 3 aromatic carbocycles. The van der Waals surface area contributed by atoms with Crippen LogP contribution in [0.3, 0.4) is 0 Å². The van der Waals surface area contributed by atoms with Crippen LogP contribution in [0.2, 0.25) is 0 Å². The van der Waals surface area contributed by atoms with Gasteiger partial charge in [0.25, 0.3) is 5.91 Å². The number of benzene rings is 3. The number of esters is 1. The third-order valence-corrected chi connectivity index (χ3v) is 9.47.